The van der Waals surface area contributed by atoms with Gasteiger partial charge in [-0.1, -0.05) is 12.1 Å². The fourth-order valence-electron chi connectivity index (χ4n) is 3.41. The van der Waals surface area contributed by atoms with Crippen LogP contribution in [0.25, 0.3) is 0 Å². The van der Waals surface area contributed by atoms with Gasteiger partial charge in [-0.25, -0.2) is 9.18 Å². The molecule has 0 radical (unpaired) electrons. The Kier molecular flexibility index (Phi) is 6.31. The Balaban J connectivity index is 1.64. The summed E-state index contributed by atoms with van der Waals surface area (Å²) in [6, 6.07) is 4.22. The molecule has 146 valence electrons. The average molecular weight is 413 g/mol. The second-order valence-electron chi connectivity index (χ2n) is 6.73. The second kappa shape index (κ2) is 8.52. The van der Waals surface area contributed by atoms with Crippen LogP contribution in [0.5, 0.6) is 0 Å². The summed E-state index contributed by atoms with van der Waals surface area (Å²) < 4.78 is 13.0. The van der Waals surface area contributed by atoms with Crippen molar-refractivity contribution in [3.63, 3.8) is 0 Å². The first-order chi connectivity index (χ1) is 12.9. The van der Waals surface area contributed by atoms with Crippen molar-refractivity contribution in [2.45, 2.75) is 48.4 Å². The van der Waals surface area contributed by atoms with Gasteiger partial charge in [-0.05, 0) is 43.4 Å². The Hall–Kier alpha value is -1.74. The average Bonchev–Trinajstić information content (AvgIpc) is 3.00. The van der Waals surface area contributed by atoms with Crippen molar-refractivity contribution in [1.29, 1.82) is 0 Å². The highest BCUT2D eigenvalue weighted by Crippen LogP contribution is 2.35. The van der Waals surface area contributed by atoms with Crippen LogP contribution in [0, 0.1) is 5.82 Å². The van der Waals surface area contributed by atoms with Gasteiger partial charge < -0.3 is 15.3 Å². The first kappa shape index (κ1) is 20.0. The number of carbonyl (C=O) groups excluding carboxylic acids is 2. The highest BCUT2D eigenvalue weighted by Gasteiger charge is 2.45. The summed E-state index contributed by atoms with van der Waals surface area (Å²) in [7, 11) is 0. The van der Waals surface area contributed by atoms with E-state index in [0.717, 1.165) is 12.0 Å². The van der Waals surface area contributed by atoms with Gasteiger partial charge >= 0.3 is 5.97 Å². The number of carboxylic acid groups (broad SMARTS) is 1. The maximum Gasteiger partial charge on any atom is 0.327 e. The molecular weight excluding hydrogens is 391 g/mol. The molecular formula is C18H21FN2O4S2. The largest absolute Gasteiger partial charge is 0.480 e. The Morgan fingerprint density at radius 2 is 2.04 bits per heavy atom. The molecule has 27 heavy (non-hydrogen) atoms. The van der Waals surface area contributed by atoms with Crippen LogP contribution in [0.4, 0.5) is 4.39 Å². The number of rotatable bonds is 5. The summed E-state index contributed by atoms with van der Waals surface area (Å²) in [5.41, 5.74) is 0.765. The number of nitrogens with one attached hydrogen (secondary N) is 1. The molecule has 2 saturated heterocycles. The van der Waals surface area contributed by atoms with Crippen molar-refractivity contribution in [2.24, 2.45) is 0 Å². The SMILES string of the molecule is O=C(N[C@H]1CCC[C@H]2SC[C@@H](C(=O)O)N2C1=O)[C@H](S)Cc1ccc(F)cc1. The van der Waals surface area contributed by atoms with E-state index in [1.807, 2.05) is 0 Å². The quantitative estimate of drug-likeness (QED) is 0.641. The van der Waals surface area contributed by atoms with Gasteiger partial charge in [-0.15, -0.1) is 11.8 Å². The van der Waals surface area contributed by atoms with Crippen LogP contribution >= 0.6 is 24.4 Å². The Labute approximate surface area is 166 Å². The maximum absolute atomic E-state index is 13.0. The van der Waals surface area contributed by atoms with Crippen molar-refractivity contribution < 1.29 is 23.9 Å². The molecule has 3 rings (SSSR count). The fraction of sp³-hybridized carbons (Fsp3) is 0.500. The zero-order valence-corrected chi connectivity index (χ0v) is 16.2. The zero-order chi connectivity index (χ0) is 19.6. The number of nitrogens with zero attached hydrogens (tertiary/aromatic N) is 1. The molecule has 2 fully saturated rings. The summed E-state index contributed by atoms with van der Waals surface area (Å²) in [6.45, 7) is 0. The number of amides is 2. The second-order valence-corrected chi connectivity index (χ2v) is 8.56. The van der Waals surface area contributed by atoms with Crippen LogP contribution in [0.2, 0.25) is 0 Å². The summed E-state index contributed by atoms with van der Waals surface area (Å²) >= 11 is 5.79. The predicted molar refractivity (Wildman–Crippen MR) is 103 cm³/mol. The van der Waals surface area contributed by atoms with E-state index in [0.29, 0.717) is 25.0 Å². The smallest absolute Gasteiger partial charge is 0.327 e. The number of hydrogen-bond donors (Lipinski definition) is 3. The zero-order valence-electron chi connectivity index (χ0n) is 14.5. The number of thiol groups is 1. The molecule has 0 unspecified atom stereocenters. The molecule has 0 aliphatic carbocycles. The molecule has 9 heteroatoms. The van der Waals surface area contributed by atoms with Gasteiger partial charge in [0, 0.05) is 5.75 Å². The Morgan fingerprint density at radius 1 is 1.33 bits per heavy atom. The third-order valence-corrected chi connectivity index (χ3v) is 6.61. The Bertz CT molecular complexity index is 731. The summed E-state index contributed by atoms with van der Waals surface area (Å²) in [6.07, 6.45) is 2.22. The van der Waals surface area contributed by atoms with E-state index in [1.54, 1.807) is 12.1 Å². The lowest BCUT2D eigenvalue weighted by Crippen LogP contribution is -2.54. The van der Waals surface area contributed by atoms with Gasteiger partial charge in [0.1, 0.15) is 17.9 Å². The van der Waals surface area contributed by atoms with Gasteiger partial charge in [-0.2, -0.15) is 12.6 Å². The fourth-order valence-corrected chi connectivity index (χ4v) is 5.15. The van der Waals surface area contributed by atoms with Crippen molar-refractivity contribution in [1.82, 2.24) is 10.2 Å². The highest BCUT2D eigenvalue weighted by atomic mass is 32.2. The standard InChI is InChI=1S/C18H21FN2O4S2/c19-11-6-4-10(5-7-11)8-14(26)16(22)20-12-2-1-3-15-21(17(12)23)13(9-27-15)18(24)25/h4-7,12-15,26H,1-3,8-9H2,(H,20,22)(H,24,25)/t12-,13-,14+,15+/m0/s1. The van der Waals surface area contributed by atoms with Crippen LogP contribution in [-0.2, 0) is 20.8 Å². The normalized spacial score (nSPS) is 26.2. The number of aliphatic carboxylic acids is 1. The summed E-state index contributed by atoms with van der Waals surface area (Å²) in [5.74, 6) is -1.74. The number of carbonyl (C=O) groups is 3. The highest BCUT2D eigenvalue weighted by molar-refractivity contribution is 8.00. The summed E-state index contributed by atoms with van der Waals surface area (Å²) in [5, 5.41) is 11.3. The molecule has 2 aliphatic heterocycles. The number of carboxylic acids is 1. The van der Waals surface area contributed by atoms with E-state index in [4.69, 9.17) is 0 Å². The van der Waals surface area contributed by atoms with E-state index in [1.165, 1.54) is 28.8 Å². The van der Waals surface area contributed by atoms with Gasteiger partial charge in [-0.3, -0.25) is 9.59 Å². The number of fused-ring (bicyclic) bond motifs is 1. The van der Waals surface area contributed by atoms with Crippen molar-refractivity contribution in [3.8, 4) is 0 Å². The summed E-state index contributed by atoms with van der Waals surface area (Å²) in [4.78, 5) is 38.2. The van der Waals surface area contributed by atoms with Crippen LogP contribution in [0.15, 0.2) is 24.3 Å². The molecule has 6 nitrogen and oxygen atoms in total. The lowest BCUT2D eigenvalue weighted by Gasteiger charge is -2.28. The lowest BCUT2D eigenvalue weighted by molar-refractivity contribution is -0.149. The molecule has 2 heterocycles. The van der Waals surface area contributed by atoms with Crippen LogP contribution in [0.3, 0.4) is 0 Å². The third kappa shape index (κ3) is 4.57. The van der Waals surface area contributed by atoms with Crippen molar-refractivity contribution in [3.05, 3.63) is 35.6 Å². The van der Waals surface area contributed by atoms with E-state index in [-0.39, 0.29) is 17.1 Å². The van der Waals surface area contributed by atoms with Gasteiger partial charge in [0.25, 0.3) is 0 Å². The minimum atomic E-state index is -1.02. The first-order valence-electron chi connectivity index (χ1n) is 8.76. The molecule has 1 aromatic carbocycles. The Morgan fingerprint density at radius 3 is 2.70 bits per heavy atom. The van der Waals surface area contributed by atoms with Gasteiger partial charge in [0.15, 0.2) is 0 Å². The molecule has 2 amide bonds. The van der Waals surface area contributed by atoms with E-state index in [9.17, 15) is 23.9 Å². The van der Waals surface area contributed by atoms with E-state index < -0.39 is 29.2 Å². The number of thioether (sulfide) groups is 1. The maximum atomic E-state index is 13.0. The molecule has 0 aromatic heterocycles. The molecule has 2 aliphatic rings. The van der Waals surface area contributed by atoms with Crippen LogP contribution in [-0.4, -0.2) is 56.3 Å². The van der Waals surface area contributed by atoms with Crippen molar-refractivity contribution in [2.75, 3.05) is 5.75 Å². The topological polar surface area (TPSA) is 86.7 Å². The number of hydrogen-bond acceptors (Lipinski definition) is 5. The molecule has 4 atom stereocenters. The molecule has 0 bridgehead atoms. The minimum Gasteiger partial charge on any atom is -0.480 e. The minimum absolute atomic E-state index is 0.147. The number of benzene rings is 1. The monoisotopic (exact) mass is 412 g/mol. The number of halogens is 1. The van der Waals surface area contributed by atoms with E-state index in [2.05, 4.69) is 17.9 Å². The van der Waals surface area contributed by atoms with Gasteiger partial charge in [0.05, 0.1) is 10.6 Å². The molecule has 0 spiro atoms. The molecule has 1 aromatic rings. The first-order valence-corrected chi connectivity index (χ1v) is 10.3. The van der Waals surface area contributed by atoms with E-state index >= 15 is 0 Å². The molecule has 2 N–H and O–H groups in total. The third-order valence-electron chi connectivity index (χ3n) is 4.84. The van der Waals surface area contributed by atoms with Gasteiger partial charge in [0.2, 0.25) is 11.8 Å². The van der Waals surface area contributed by atoms with Crippen molar-refractivity contribution >= 4 is 42.2 Å². The lowest BCUT2D eigenvalue weighted by atomic mass is 10.1. The molecule has 0 saturated carbocycles. The van der Waals surface area contributed by atoms with Crippen LogP contribution in [0.1, 0.15) is 24.8 Å². The van der Waals surface area contributed by atoms with Crippen LogP contribution < -0.4 is 5.32 Å². The predicted octanol–water partition coefficient (Wildman–Crippen LogP) is 1.69.